The average molecular weight is 355 g/mol. The first kappa shape index (κ1) is 18.0. The number of rotatable bonds is 5. The van der Waals surface area contributed by atoms with E-state index in [2.05, 4.69) is 43.1 Å². The molecule has 0 bridgehead atoms. The molecule has 0 atom stereocenters. The number of aromatic nitrogens is 1. The van der Waals surface area contributed by atoms with Crippen LogP contribution in [0, 0.1) is 5.92 Å². The summed E-state index contributed by atoms with van der Waals surface area (Å²) in [6.07, 6.45) is 6.83. The van der Waals surface area contributed by atoms with Gasteiger partial charge in [-0.05, 0) is 54.5 Å². The maximum atomic E-state index is 12.7. The summed E-state index contributed by atoms with van der Waals surface area (Å²) >= 11 is 1.78. The molecule has 2 heterocycles. The zero-order valence-corrected chi connectivity index (χ0v) is 15.9. The van der Waals surface area contributed by atoms with E-state index in [4.69, 9.17) is 0 Å². The molecule has 1 aromatic carbocycles. The summed E-state index contributed by atoms with van der Waals surface area (Å²) in [5.74, 6) is 1.68. The van der Waals surface area contributed by atoms with Gasteiger partial charge in [0.05, 0.1) is 5.56 Å². The van der Waals surface area contributed by atoms with E-state index in [9.17, 15) is 4.79 Å². The zero-order chi connectivity index (χ0) is 17.6. The number of aryl methyl sites for hydroxylation is 1. The van der Waals surface area contributed by atoms with Gasteiger partial charge in [-0.1, -0.05) is 26.0 Å². The van der Waals surface area contributed by atoms with E-state index in [1.54, 1.807) is 18.0 Å². The number of thioether (sulfide) groups is 1. The van der Waals surface area contributed by atoms with E-state index in [1.165, 1.54) is 10.5 Å². The summed E-state index contributed by atoms with van der Waals surface area (Å²) < 4.78 is 0. The molecule has 0 radical (unpaired) electrons. The van der Waals surface area contributed by atoms with Crippen molar-refractivity contribution in [3.05, 3.63) is 59.4 Å². The molecule has 0 N–H and O–H groups in total. The van der Waals surface area contributed by atoms with Crippen LogP contribution in [0.4, 0.5) is 0 Å². The fourth-order valence-electron chi connectivity index (χ4n) is 3.07. The fourth-order valence-corrected chi connectivity index (χ4v) is 3.89. The Morgan fingerprint density at radius 2 is 1.88 bits per heavy atom. The maximum Gasteiger partial charge on any atom is 0.255 e. The number of benzene rings is 1. The number of carbonyl (C=O) groups is 1. The van der Waals surface area contributed by atoms with Gasteiger partial charge in [-0.15, -0.1) is 11.8 Å². The number of hydrogen-bond donors (Lipinski definition) is 0. The van der Waals surface area contributed by atoms with Crippen molar-refractivity contribution in [2.75, 3.05) is 13.1 Å². The van der Waals surface area contributed by atoms with E-state index in [-0.39, 0.29) is 5.91 Å². The Bertz CT molecular complexity index is 706. The third-order valence-electron chi connectivity index (χ3n) is 4.85. The number of amides is 1. The lowest BCUT2D eigenvalue weighted by molar-refractivity contribution is 0.0696. The molecule has 4 heteroatoms. The van der Waals surface area contributed by atoms with Crippen molar-refractivity contribution in [1.82, 2.24) is 9.88 Å². The molecule has 25 heavy (non-hydrogen) atoms. The molecule has 0 saturated carbocycles. The van der Waals surface area contributed by atoms with Crippen LogP contribution in [0.5, 0.6) is 0 Å². The lowest BCUT2D eigenvalue weighted by atomic mass is 9.99. The molecule has 2 aromatic rings. The first-order chi connectivity index (χ1) is 12.2. The molecule has 0 aliphatic carbocycles. The Morgan fingerprint density at radius 3 is 2.56 bits per heavy atom. The number of likely N-dealkylation sites (tertiary alicyclic amines) is 1. The second-order valence-electron chi connectivity index (χ2n) is 6.84. The number of piperidine rings is 1. The standard InChI is InChI=1S/C21H26N2OS/c1-3-17-4-6-20(7-5-17)25-15-18-12-19(14-22-13-18)21(24)23-10-8-16(2)9-11-23/h4-7,12-14,16H,3,8-11,15H2,1-2H3. The van der Waals surface area contributed by atoms with Crippen LogP contribution in [-0.2, 0) is 12.2 Å². The van der Waals surface area contributed by atoms with Gasteiger partial charge in [0.25, 0.3) is 5.91 Å². The predicted octanol–water partition coefficient (Wildman–Crippen LogP) is 4.81. The zero-order valence-electron chi connectivity index (χ0n) is 15.1. The van der Waals surface area contributed by atoms with E-state index in [1.807, 2.05) is 17.2 Å². The first-order valence-electron chi connectivity index (χ1n) is 9.10. The van der Waals surface area contributed by atoms with E-state index < -0.39 is 0 Å². The highest BCUT2D eigenvalue weighted by Crippen LogP contribution is 2.24. The average Bonchev–Trinajstić information content (AvgIpc) is 2.67. The van der Waals surface area contributed by atoms with Crippen LogP contribution in [0.25, 0.3) is 0 Å². The molecule has 0 unspecified atom stereocenters. The van der Waals surface area contributed by atoms with Crippen molar-refractivity contribution in [1.29, 1.82) is 0 Å². The highest BCUT2D eigenvalue weighted by molar-refractivity contribution is 7.98. The second kappa shape index (κ2) is 8.52. The van der Waals surface area contributed by atoms with Gasteiger partial charge in [0.15, 0.2) is 0 Å². The quantitative estimate of drug-likeness (QED) is 0.723. The van der Waals surface area contributed by atoms with Gasteiger partial charge in [0, 0.05) is 36.1 Å². The molecule has 1 aliphatic heterocycles. The summed E-state index contributed by atoms with van der Waals surface area (Å²) in [6, 6.07) is 10.7. The SMILES string of the molecule is CCc1ccc(SCc2cncc(C(=O)N3CCC(C)CC3)c2)cc1. The van der Waals surface area contributed by atoms with Gasteiger partial charge in [-0.2, -0.15) is 0 Å². The largest absolute Gasteiger partial charge is 0.339 e. The predicted molar refractivity (Wildman–Crippen MR) is 104 cm³/mol. The van der Waals surface area contributed by atoms with Crippen molar-refractivity contribution in [3.8, 4) is 0 Å². The van der Waals surface area contributed by atoms with E-state index >= 15 is 0 Å². The molecule has 1 aromatic heterocycles. The third kappa shape index (κ3) is 4.85. The van der Waals surface area contributed by atoms with Crippen LogP contribution >= 0.6 is 11.8 Å². The molecule has 3 nitrogen and oxygen atoms in total. The molecule has 1 aliphatic rings. The van der Waals surface area contributed by atoms with E-state index in [0.29, 0.717) is 5.56 Å². The molecule has 132 valence electrons. The van der Waals surface area contributed by atoms with Gasteiger partial charge in [0.1, 0.15) is 0 Å². The number of nitrogens with zero attached hydrogens (tertiary/aromatic N) is 2. The summed E-state index contributed by atoms with van der Waals surface area (Å²) in [6.45, 7) is 6.15. The Hall–Kier alpha value is -1.81. The van der Waals surface area contributed by atoms with Crippen molar-refractivity contribution in [3.63, 3.8) is 0 Å². The number of carbonyl (C=O) groups excluding carboxylic acids is 1. The van der Waals surface area contributed by atoms with Crippen LogP contribution in [0.15, 0.2) is 47.6 Å². The molecule has 1 amide bonds. The minimum Gasteiger partial charge on any atom is -0.339 e. The number of pyridine rings is 1. The summed E-state index contributed by atoms with van der Waals surface area (Å²) in [5.41, 5.74) is 3.17. The molecular weight excluding hydrogens is 328 g/mol. The topological polar surface area (TPSA) is 33.2 Å². The van der Waals surface area contributed by atoms with Crippen molar-refractivity contribution < 1.29 is 4.79 Å². The molecule has 1 saturated heterocycles. The Balaban J connectivity index is 1.61. The van der Waals surface area contributed by atoms with Gasteiger partial charge in [0.2, 0.25) is 0 Å². The monoisotopic (exact) mass is 354 g/mol. The van der Waals surface area contributed by atoms with E-state index in [0.717, 1.165) is 49.6 Å². The van der Waals surface area contributed by atoms with Gasteiger partial charge < -0.3 is 4.90 Å². The lowest BCUT2D eigenvalue weighted by Crippen LogP contribution is -2.37. The molecule has 3 rings (SSSR count). The summed E-state index contributed by atoms with van der Waals surface area (Å²) in [5, 5.41) is 0. The first-order valence-corrected chi connectivity index (χ1v) is 10.1. The Kier molecular flexibility index (Phi) is 6.14. The van der Waals surface area contributed by atoms with Crippen molar-refractivity contribution in [2.45, 2.75) is 43.8 Å². The fraction of sp³-hybridized carbons (Fsp3) is 0.429. The third-order valence-corrected chi connectivity index (χ3v) is 5.93. The molecule has 0 spiro atoms. The van der Waals surface area contributed by atoms with Crippen LogP contribution in [0.3, 0.4) is 0 Å². The highest BCUT2D eigenvalue weighted by Gasteiger charge is 2.21. The maximum absolute atomic E-state index is 12.7. The minimum absolute atomic E-state index is 0.124. The van der Waals surface area contributed by atoms with Crippen molar-refractivity contribution >= 4 is 17.7 Å². The van der Waals surface area contributed by atoms with Gasteiger partial charge in [-0.25, -0.2) is 0 Å². The summed E-state index contributed by atoms with van der Waals surface area (Å²) in [4.78, 5) is 20.2. The van der Waals surface area contributed by atoms with Crippen LogP contribution < -0.4 is 0 Å². The highest BCUT2D eigenvalue weighted by atomic mass is 32.2. The van der Waals surface area contributed by atoms with Gasteiger partial charge >= 0.3 is 0 Å². The summed E-state index contributed by atoms with van der Waals surface area (Å²) in [7, 11) is 0. The normalized spacial score (nSPS) is 15.4. The Morgan fingerprint density at radius 1 is 1.16 bits per heavy atom. The van der Waals surface area contributed by atoms with Crippen LogP contribution in [0.2, 0.25) is 0 Å². The number of hydrogen-bond acceptors (Lipinski definition) is 3. The Labute approximate surface area is 154 Å². The lowest BCUT2D eigenvalue weighted by Gasteiger charge is -2.30. The minimum atomic E-state index is 0.124. The van der Waals surface area contributed by atoms with Crippen molar-refractivity contribution in [2.24, 2.45) is 5.92 Å². The molecule has 1 fully saturated rings. The smallest absolute Gasteiger partial charge is 0.255 e. The van der Waals surface area contributed by atoms with Crippen LogP contribution in [-0.4, -0.2) is 28.9 Å². The van der Waals surface area contributed by atoms with Crippen LogP contribution in [0.1, 0.15) is 48.2 Å². The second-order valence-corrected chi connectivity index (χ2v) is 7.89. The molecular formula is C21H26N2OS. The van der Waals surface area contributed by atoms with Gasteiger partial charge in [-0.3, -0.25) is 9.78 Å².